The highest BCUT2D eigenvalue weighted by Crippen LogP contribution is 2.33. The molecule has 0 atom stereocenters. The van der Waals surface area contributed by atoms with Crippen LogP contribution in [-0.2, 0) is 25.8 Å². The van der Waals surface area contributed by atoms with Crippen LogP contribution in [-0.4, -0.2) is 70.6 Å². The summed E-state index contributed by atoms with van der Waals surface area (Å²) in [6, 6.07) is 18.8. The molecule has 0 spiro atoms. The number of nitrogens with zero attached hydrogens (tertiary/aromatic N) is 6. The molecule has 260 valence electrons. The molecule has 1 fully saturated rings. The largest absolute Gasteiger partial charge is 0.569 e. The predicted octanol–water partition coefficient (Wildman–Crippen LogP) is 4.45. The zero-order chi connectivity index (χ0) is 35.8. The van der Waals surface area contributed by atoms with Crippen LogP contribution in [0, 0.1) is 18.0 Å². The van der Waals surface area contributed by atoms with Gasteiger partial charge in [0.05, 0.1) is 45.5 Å². The number of amides is 3. The molecule has 1 N–H and O–H groups in total. The highest BCUT2D eigenvalue weighted by Gasteiger charge is 2.37. The molecular weight excluding hydrogens is 683 g/mol. The van der Waals surface area contributed by atoms with Crippen LogP contribution >= 0.6 is 0 Å². The number of benzene rings is 3. The number of carbonyl (C=O) groups is 3. The van der Waals surface area contributed by atoms with Crippen LogP contribution in [0.1, 0.15) is 44.8 Å². The number of rotatable bonds is 9. The van der Waals surface area contributed by atoms with Crippen molar-refractivity contribution in [3.8, 4) is 16.9 Å². The molecule has 0 saturated carbocycles. The summed E-state index contributed by atoms with van der Waals surface area (Å²) in [6.07, 6.45) is -4.53. The van der Waals surface area contributed by atoms with Crippen LogP contribution in [0.3, 0.4) is 0 Å². The van der Waals surface area contributed by atoms with Crippen molar-refractivity contribution in [2.24, 2.45) is 11.2 Å². The summed E-state index contributed by atoms with van der Waals surface area (Å²) in [5, 5.41) is 20.7. The number of hydrogen-bond donors (Lipinski definition) is 1. The lowest BCUT2D eigenvalue weighted by Crippen LogP contribution is -2.44. The molecule has 1 aromatic heterocycles. The van der Waals surface area contributed by atoms with Gasteiger partial charge in [-0.05, 0) is 62.2 Å². The zero-order valence-electron chi connectivity index (χ0n) is 26.2. The number of alkyl halides is 3. The van der Waals surface area contributed by atoms with E-state index >= 15 is 0 Å². The maximum atomic E-state index is 13.6. The summed E-state index contributed by atoms with van der Waals surface area (Å²) in [4.78, 5) is 43.3. The van der Waals surface area contributed by atoms with E-state index in [2.05, 4.69) is 10.4 Å². The Morgan fingerprint density at radius 1 is 1.00 bits per heavy atom. The predicted molar refractivity (Wildman–Crippen MR) is 167 cm³/mol. The van der Waals surface area contributed by atoms with Gasteiger partial charge in [0.25, 0.3) is 21.8 Å². The Balaban J connectivity index is 1.05. The first-order chi connectivity index (χ1) is 23.7. The van der Waals surface area contributed by atoms with Gasteiger partial charge in [0.15, 0.2) is 5.69 Å². The van der Waals surface area contributed by atoms with Gasteiger partial charge in [0, 0.05) is 11.5 Å². The molecule has 0 unspecified atom stereocenters. The normalized spacial score (nSPS) is 15.7. The Labute approximate surface area is 282 Å². The smallest absolute Gasteiger partial charge is 0.435 e. The minimum absolute atomic E-state index is 0.0172. The summed E-state index contributed by atoms with van der Waals surface area (Å²) in [6.45, 7) is 1.28. The Bertz CT molecular complexity index is 2060. The average Bonchev–Trinajstić information content (AvgIpc) is 3.65. The van der Waals surface area contributed by atoms with E-state index in [9.17, 15) is 41.2 Å². The van der Waals surface area contributed by atoms with Crippen LogP contribution in [0.2, 0.25) is 0 Å². The molecule has 0 bridgehead atoms. The number of halogens is 3. The summed E-state index contributed by atoms with van der Waals surface area (Å²) in [5.74, 6) is -2.73. The van der Waals surface area contributed by atoms with E-state index in [1.165, 1.54) is 29.3 Å². The number of aromatic nitrogens is 2. The Morgan fingerprint density at radius 3 is 2.18 bits per heavy atom. The van der Waals surface area contributed by atoms with Crippen molar-refractivity contribution in [3.63, 3.8) is 0 Å². The first kappa shape index (κ1) is 34.1. The van der Waals surface area contributed by atoms with Gasteiger partial charge < -0.3 is 10.0 Å². The van der Waals surface area contributed by atoms with Crippen molar-refractivity contribution in [2.75, 3.05) is 19.8 Å². The molecule has 14 nitrogen and oxygen atoms in total. The van der Waals surface area contributed by atoms with E-state index in [1.54, 1.807) is 36.4 Å². The van der Waals surface area contributed by atoms with E-state index in [0.29, 0.717) is 5.56 Å². The molecule has 4 aromatic rings. The van der Waals surface area contributed by atoms with E-state index in [-0.39, 0.29) is 58.3 Å². The zero-order valence-corrected chi connectivity index (χ0v) is 27.0. The van der Waals surface area contributed by atoms with Gasteiger partial charge in [0.1, 0.15) is 0 Å². The number of nitrogens with one attached hydrogen (secondary N) is 1. The van der Waals surface area contributed by atoms with Gasteiger partial charge in [-0.1, -0.05) is 42.0 Å². The second-order valence-electron chi connectivity index (χ2n) is 11.6. The van der Waals surface area contributed by atoms with Gasteiger partial charge in [-0.15, -0.1) is 5.01 Å². The number of piperidine rings is 1. The molecule has 0 aliphatic carbocycles. The van der Waals surface area contributed by atoms with E-state index in [4.69, 9.17) is 4.84 Å². The number of aryl methyl sites for hydroxylation is 1. The first-order valence-corrected chi connectivity index (χ1v) is 16.6. The second kappa shape index (κ2) is 13.3. The van der Waals surface area contributed by atoms with Crippen LogP contribution < -0.4 is 4.72 Å². The Kier molecular flexibility index (Phi) is 9.04. The third-order valence-corrected chi connectivity index (χ3v) is 9.61. The van der Waals surface area contributed by atoms with E-state index in [0.717, 1.165) is 33.3 Å². The fourth-order valence-electron chi connectivity index (χ4n) is 5.53. The summed E-state index contributed by atoms with van der Waals surface area (Å²) in [7, 11) is -4.36. The standard InChI is InChI=1S/C32H28F3N7O7S/c1-20-6-8-21(9-7-20)27-18-28(32(33,34)35)36-41(27)23-10-12-24(13-11-23)50(47,48)37-29(43)22-14-16-39(17-15-22)42(46)38-49-19-40-30(44)25-4-2-3-5-26(25)31(40)45/h2-13,18,22H,14-17,19H2,1H3,(H,37,43)/b42-38-. The van der Waals surface area contributed by atoms with Crippen molar-refractivity contribution < 1.29 is 45.8 Å². The number of sulfonamides is 1. The molecular formula is C32H28F3N7O7S. The average molecular weight is 712 g/mol. The van der Waals surface area contributed by atoms with Crippen LogP contribution in [0.15, 0.2) is 89.0 Å². The maximum Gasteiger partial charge on any atom is 0.435 e. The minimum atomic E-state index is -4.71. The fraction of sp³-hybridized carbons (Fsp3) is 0.250. The molecule has 3 aromatic carbocycles. The fourth-order valence-corrected chi connectivity index (χ4v) is 6.57. The molecule has 1 saturated heterocycles. The summed E-state index contributed by atoms with van der Waals surface area (Å²) >= 11 is 0. The summed E-state index contributed by atoms with van der Waals surface area (Å²) < 4.78 is 69.8. The third kappa shape index (κ3) is 6.87. The SMILES string of the molecule is Cc1ccc(-c2cc(C(F)(F)F)nn2-c2ccc(S(=O)(=O)NC(=O)C3CCN(/[N+]([O-])=N/OCN4C(=O)c5ccccc5C4=O)CC3)cc2)cc1. The number of hydrogen-bond acceptors (Lipinski definition) is 9. The molecule has 2 aliphatic rings. The molecule has 2 aliphatic heterocycles. The lowest BCUT2D eigenvalue weighted by molar-refractivity contribution is -0.713. The Morgan fingerprint density at radius 2 is 1.60 bits per heavy atom. The molecule has 0 radical (unpaired) electrons. The number of fused-ring (bicyclic) bond motifs is 1. The lowest BCUT2D eigenvalue weighted by Gasteiger charge is -2.27. The molecule has 3 heterocycles. The molecule has 50 heavy (non-hydrogen) atoms. The minimum Gasteiger partial charge on any atom is -0.569 e. The lowest BCUT2D eigenvalue weighted by atomic mass is 9.97. The van der Waals surface area contributed by atoms with Crippen LogP contribution in [0.5, 0.6) is 0 Å². The molecule has 18 heteroatoms. The first-order valence-electron chi connectivity index (χ1n) is 15.1. The van der Waals surface area contributed by atoms with Crippen molar-refractivity contribution in [3.05, 3.63) is 106 Å². The van der Waals surface area contributed by atoms with Gasteiger partial charge in [-0.2, -0.15) is 18.3 Å². The quantitative estimate of drug-likeness (QED) is 0.114. The van der Waals surface area contributed by atoms with Gasteiger partial charge >= 0.3 is 6.18 Å². The topological polar surface area (TPSA) is 169 Å². The number of carbonyl (C=O) groups excluding carboxylic acids is 3. The van der Waals surface area contributed by atoms with E-state index < -0.39 is 52.3 Å². The number of hydrazine groups is 1. The number of imide groups is 1. The maximum absolute atomic E-state index is 13.6. The van der Waals surface area contributed by atoms with Crippen LogP contribution in [0.4, 0.5) is 13.2 Å². The van der Waals surface area contributed by atoms with Gasteiger partial charge in [0.2, 0.25) is 17.9 Å². The van der Waals surface area contributed by atoms with Crippen molar-refractivity contribution >= 4 is 27.7 Å². The van der Waals surface area contributed by atoms with E-state index in [1.807, 2.05) is 11.6 Å². The van der Waals surface area contributed by atoms with Crippen molar-refractivity contribution in [2.45, 2.75) is 30.8 Å². The van der Waals surface area contributed by atoms with Gasteiger partial charge in [-0.3, -0.25) is 14.4 Å². The van der Waals surface area contributed by atoms with Crippen molar-refractivity contribution in [1.29, 1.82) is 0 Å². The third-order valence-electron chi connectivity index (χ3n) is 8.25. The monoisotopic (exact) mass is 711 g/mol. The highest BCUT2D eigenvalue weighted by atomic mass is 32.2. The van der Waals surface area contributed by atoms with Gasteiger partial charge in [-0.25, -0.2) is 22.7 Å². The van der Waals surface area contributed by atoms with Crippen LogP contribution in [0.25, 0.3) is 16.9 Å². The summed E-state index contributed by atoms with van der Waals surface area (Å²) in [5.41, 5.74) is 0.987. The highest BCUT2D eigenvalue weighted by molar-refractivity contribution is 7.90. The Hall–Kier alpha value is -5.78. The molecule has 3 amide bonds. The van der Waals surface area contributed by atoms with Crippen molar-refractivity contribution in [1.82, 2.24) is 24.4 Å². The molecule has 6 rings (SSSR count). The second-order valence-corrected chi connectivity index (χ2v) is 13.2.